The Labute approximate surface area is 173 Å². The molecule has 1 aliphatic rings. The molecule has 3 aromatic rings. The van der Waals surface area contributed by atoms with E-state index in [-0.39, 0.29) is 23.3 Å². The number of para-hydroxylation sites is 2. The Bertz CT molecular complexity index is 1090. The Hall–Kier alpha value is -2.64. The van der Waals surface area contributed by atoms with Gasteiger partial charge in [0, 0.05) is 13.2 Å². The maximum atomic E-state index is 13.2. The lowest BCUT2D eigenvalue weighted by atomic mass is 10.2. The molecule has 1 N–H and O–H groups in total. The van der Waals surface area contributed by atoms with E-state index in [1.54, 1.807) is 10.6 Å². The summed E-state index contributed by atoms with van der Waals surface area (Å²) in [5.41, 5.74) is 2.24. The van der Waals surface area contributed by atoms with Gasteiger partial charge in [0.2, 0.25) is 5.91 Å². The van der Waals surface area contributed by atoms with Crippen LogP contribution in [0.25, 0.3) is 16.6 Å². The van der Waals surface area contributed by atoms with Crippen molar-refractivity contribution in [2.24, 2.45) is 0 Å². The lowest BCUT2D eigenvalue weighted by molar-refractivity contribution is -0.119. The van der Waals surface area contributed by atoms with Crippen molar-refractivity contribution in [2.45, 2.75) is 31.0 Å². The number of rotatable bonds is 6. The number of thioether (sulfide) groups is 1. The van der Waals surface area contributed by atoms with Crippen LogP contribution in [0.3, 0.4) is 0 Å². The molecular weight excluding hydrogens is 386 g/mol. The number of ether oxygens (including phenoxy) is 1. The summed E-state index contributed by atoms with van der Waals surface area (Å²) in [7, 11) is 0. The quantitative estimate of drug-likeness (QED) is 0.500. The van der Waals surface area contributed by atoms with Gasteiger partial charge in [-0.3, -0.25) is 14.2 Å². The SMILES string of the molecule is Cc1ccccc1-n1c(SCC(=O)NCC2CCCO2)nc2ccccc2c1=O. The molecule has 7 heteroatoms. The standard InChI is InChI=1S/C22H23N3O3S/c1-15-7-2-5-11-19(15)25-21(27)17-9-3-4-10-18(17)24-22(25)29-14-20(26)23-13-16-8-6-12-28-16/h2-5,7,9-11,16H,6,8,12-14H2,1H3,(H,23,26). The molecule has 0 radical (unpaired) electrons. The summed E-state index contributed by atoms with van der Waals surface area (Å²) in [6.07, 6.45) is 2.12. The molecule has 1 aliphatic heterocycles. The monoisotopic (exact) mass is 409 g/mol. The highest BCUT2D eigenvalue weighted by Gasteiger charge is 2.18. The van der Waals surface area contributed by atoms with Crippen molar-refractivity contribution in [1.29, 1.82) is 0 Å². The maximum absolute atomic E-state index is 13.2. The van der Waals surface area contributed by atoms with E-state index >= 15 is 0 Å². The second kappa shape index (κ2) is 8.80. The number of amides is 1. The molecular formula is C22H23N3O3S. The van der Waals surface area contributed by atoms with Gasteiger partial charge in [0.05, 0.1) is 28.4 Å². The van der Waals surface area contributed by atoms with Crippen molar-refractivity contribution in [1.82, 2.24) is 14.9 Å². The Kier molecular flexibility index (Phi) is 5.97. The van der Waals surface area contributed by atoms with E-state index in [1.165, 1.54) is 11.8 Å². The van der Waals surface area contributed by atoms with Gasteiger partial charge in [-0.15, -0.1) is 0 Å². The van der Waals surface area contributed by atoms with Crippen LogP contribution < -0.4 is 10.9 Å². The molecule has 1 amide bonds. The van der Waals surface area contributed by atoms with E-state index in [0.29, 0.717) is 22.6 Å². The molecule has 1 unspecified atom stereocenters. The minimum atomic E-state index is -0.132. The van der Waals surface area contributed by atoms with Crippen LogP contribution >= 0.6 is 11.8 Å². The number of aryl methyl sites for hydroxylation is 1. The van der Waals surface area contributed by atoms with Gasteiger partial charge >= 0.3 is 0 Å². The topological polar surface area (TPSA) is 73.2 Å². The lowest BCUT2D eigenvalue weighted by Gasteiger charge is -2.15. The van der Waals surface area contributed by atoms with Crippen LogP contribution in [0.15, 0.2) is 58.5 Å². The summed E-state index contributed by atoms with van der Waals surface area (Å²) >= 11 is 1.27. The zero-order valence-corrected chi connectivity index (χ0v) is 17.1. The van der Waals surface area contributed by atoms with E-state index in [1.807, 2.05) is 49.4 Å². The Morgan fingerprint density at radius 1 is 1.24 bits per heavy atom. The molecule has 0 aliphatic carbocycles. The number of nitrogens with zero attached hydrogens (tertiary/aromatic N) is 2. The van der Waals surface area contributed by atoms with Gasteiger partial charge in [0.15, 0.2) is 5.16 Å². The number of carbonyl (C=O) groups excluding carboxylic acids is 1. The molecule has 6 nitrogen and oxygen atoms in total. The second-order valence-corrected chi connectivity index (χ2v) is 8.01. The highest BCUT2D eigenvalue weighted by molar-refractivity contribution is 7.99. The maximum Gasteiger partial charge on any atom is 0.266 e. The summed E-state index contributed by atoms with van der Waals surface area (Å²) in [6, 6.07) is 15.0. The van der Waals surface area contributed by atoms with Crippen molar-refractivity contribution < 1.29 is 9.53 Å². The first-order valence-corrected chi connectivity index (χ1v) is 10.7. The molecule has 0 bridgehead atoms. The van der Waals surface area contributed by atoms with E-state index < -0.39 is 0 Å². The van der Waals surface area contributed by atoms with Gasteiger partial charge in [-0.1, -0.05) is 42.1 Å². The Balaban J connectivity index is 1.62. The number of carbonyl (C=O) groups is 1. The number of hydrogen-bond donors (Lipinski definition) is 1. The van der Waals surface area contributed by atoms with Crippen molar-refractivity contribution in [3.05, 3.63) is 64.4 Å². The van der Waals surface area contributed by atoms with Crippen LogP contribution in [-0.2, 0) is 9.53 Å². The molecule has 29 heavy (non-hydrogen) atoms. The number of fused-ring (bicyclic) bond motifs is 1. The van der Waals surface area contributed by atoms with E-state index in [9.17, 15) is 9.59 Å². The van der Waals surface area contributed by atoms with Crippen LogP contribution in [0, 0.1) is 6.92 Å². The first kappa shape index (κ1) is 19.7. The van der Waals surface area contributed by atoms with Crippen molar-refractivity contribution in [3.63, 3.8) is 0 Å². The predicted octanol–water partition coefficient (Wildman–Crippen LogP) is 3.08. The van der Waals surface area contributed by atoms with Gasteiger partial charge < -0.3 is 10.1 Å². The normalized spacial score (nSPS) is 16.2. The third kappa shape index (κ3) is 4.36. The molecule has 2 aromatic carbocycles. The fourth-order valence-corrected chi connectivity index (χ4v) is 4.29. The van der Waals surface area contributed by atoms with Crippen LogP contribution in [0.5, 0.6) is 0 Å². The fourth-order valence-electron chi connectivity index (χ4n) is 3.45. The van der Waals surface area contributed by atoms with Crippen molar-refractivity contribution >= 4 is 28.6 Å². The van der Waals surface area contributed by atoms with Crippen LogP contribution in [0.1, 0.15) is 18.4 Å². The zero-order valence-electron chi connectivity index (χ0n) is 16.3. The first-order valence-electron chi connectivity index (χ1n) is 9.72. The summed E-state index contributed by atoms with van der Waals surface area (Å²) in [4.78, 5) is 30.3. The second-order valence-electron chi connectivity index (χ2n) is 7.07. The molecule has 4 rings (SSSR count). The minimum absolute atomic E-state index is 0.0933. The Morgan fingerprint density at radius 3 is 2.83 bits per heavy atom. The first-order chi connectivity index (χ1) is 14.1. The van der Waals surface area contributed by atoms with Crippen LogP contribution in [0.4, 0.5) is 0 Å². The smallest absolute Gasteiger partial charge is 0.266 e. The molecule has 1 fully saturated rings. The number of benzene rings is 2. The third-order valence-corrected chi connectivity index (χ3v) is 5.92. The predicted molar refractivity (Wildman–Crippen MR) is 115 cm³/mol. The van der Waals surface area contributed by atoms with Crippen molar-refractivity contribution in [3.8, 4) is 5.69 Å². The molecule has 150 valence electrons. The highest BCUT2D eigenvalue weighted by Crippen LogP contribution is 2.23. The van der Waals surface area contributed by atoms with Gasteiger partial charge in [-0.25, -0.2) is 4.98 Å². The average molecular weight is 410 g/mol. The number of aromatic nitrogens is 2. The lowest BCUT2D eigenvalue weighted by Crippen LogP contribution is -2.33. The van der Waals surface area contributed by atoms with E-state index in [2.05, 4.69) is 10.3 Å². The largest absolute Gasteiger partial charge is 0.376 e. The van der Waals surface area contributed by atoms with Gasteiger partial charge in [0.25, 0.3) is 5.56 Å². The van der Waals surface area contributed by atoms with Crippen molar-refractivity contribution in [2.75, 3.05) is 18.9 Å². The Morgan fingerprint density at radius 2 is 2.03 bits per heavy atom. The summed E-state index contributed by atoms with van der Waals surface area (Å²) in [6.45, 7) is 3.24. The van der Waals surface area contributed by atoms with E-state index in [0.717, 1.165) is 30.7 Å². The number of hydrogen-bond acceptors (Lipinski definition) is 5. The molecule has 2 heterocycles. The highest BCUT2D eigenvalue weighted by atomic mass is 32.2. The third-order valence-electron chi connectivity index (χ3n) is 4.98. The minimum Gasteiger partial charge on any atom is -0.376 e. The van der Waals surface area contributed by atoms with Crippen LogP contribution in [0.2, 0.25) is 0 Å². The summed E-state index contributed by atoms with van der Waals surface area (Å²) in [5, 5.41) is 3.99. The van der Waals surface area contributed by atoms with Gasteiger partial charge in [-0.2, -0.15) is 0 Å². The van der Waals surface area contributed by atoms with Crippen LogP contribution in [-0.4, -0.2) is 40.5 Å². The van der Waals surface area contributed by atoms with Gasteiger partial charge in [-0.05, 0) is 43.5 Å². The molecule has 1 atom stereocenters. The summed E-state index contributed by atoms with van der Waals surface area (Å²) < 4.78 is 7.15. The molecule has 1 aromatic heterocycles. The summed E-state index contributed by atoms with van der Waals surface area (Å²) in [5.74, 6) is 0.0906. The molecule has 1 saturated heterocycles. The number of nitrogens with one attached hydrogen (secondary N) is 1. The van der Waals surface area contributed by atoms with E-state index in [4.69, 9.17) is 4.74 Å². The molecule has 0 spiro atoms. The average Bonchev–Trinajstić information content (AvgIpc) is 3.25. The zero-order chi connectivity index (χ0) is 20.2. The van der Waals surface area contributed by atoms with Gasteiger partial charge in [0.1, 0.15) is 0 Å². The molecule has 0 saturated carbocycles. The fraction of sp³-hybridized carbons (Fsp3) is 0.318.